The van der Waals surface area contributed by atoms with Gasteiger partial charge in [0.25, 0.3) is 0 Å². The summed E-state index contributed by atoms with van der Waals surface area (Å²) in [6, 6.07) is 0. The SMILES string of the molecule is CCCC[PH](I)(C12CC3CC(CC(C3)C1)C2)C12CC3CC(CC(C3)C1)C2. The Balaban J connectivity index is 1.42. The maximum atomic E-state index is 3.33. The molecular weight excluding hydrogens is 446 g/mol. The molecule has 0 spiro atoms. The van der Waals surface area contributed by atoms with E-state index in [2.05, 4.69) is 29.0 Å². The van der Waals surface area contributed by atoms with E-state index in [0.717, 1.165) is 45.8 Å². The zero-order valence-electron chi connectivity index (χ0n) is 16.9. The zero-order valence-corrected chi connectivity index (χ0v) is 20.1. The van der Waals surface area contributed by atoms with E-state index >= 15 is 0 Å². The van der Waals surface area contributed by atoms with Gasteiger partial charge in [0.05, 0.1) is 0 Å². The molecule has 8 bridgehead atoms. The zero-order chi connectivity index (χ0) is 17.6. The molecule has 8 rings (SSSR count). The first-order valence-corrected chi connectivity index (χ1v) is 17.5. The van der Waals surface area contributed by atoms with Crippen molar-refractivity contribution in [3.8, 4) is 0 Å². The van der Waals surface area contributed by atoms with Crippen LogP contribution in [-0.4, -0.2) is 16.5 Å². The van der Waals surface area contributed by atoms with Crippen molar-refractivity contribution in [1.29, 1.82) is 0 Å². The summed E-state index contributed by atoms with van der Waals surface area (Å²) in [6.45, 7) is 2.46. The van der Waals surface area contributed by atoms with E-state index in [1.165, 1.54) is 6.42 Å². The molecule has 8 saturated carbocycles. The third-order valence-corrected chi connectivity index (χ3v) is 24.7. The molecule has 0 aliphatic heterocycles. The fraction of sp³-hybridized carbons (Fsp3) is 1.00. The van der Waals surface area contributed by atoms with Crippen LogP contribution in [-0.2, 0) is 0 Å². The van der Waals surface area contributed by atoms with Gasteiger partial charge in [-0.1, -0.05) is 0 Å². The summed E-state index contributed by atoms with van der Waals surface area (Å²) >= 11 is 3.33. The average Bonchev–Trinajstić information content (AvgIpc) is 2.57. The minimum atomic E-state index is -1.30. The first-order valence-electron chi connectivity index (χ1n) is 12.2. The maximum absolute atomic E-state index is 3.33. The molecule has 8 aliphatic rings. The number of halogens is 1. The monoisotopic (exact) mass is 486 g/mol. The summed E-state index contributed by atoms with van der Waals surface area (Å²) in [5.74, 6) is 6.91. The molecule has 0 radical (unpaired) electrons. The van der Waals surface area contributed by atoms with Crippen molar-refractivity contribution in [2.24, 2.45) is 35.5 Å². The molecule has 0 unspecified atom stereocenters. The summed E-state index contributed by atoms with van der Waals surface area (Å²) in [5, 5.41) is 1.76. The van der Waals surface area contributed by atoms with Gasteiger partial charge < -0.3 is 0 Å². The molecule has 0 aromatic rings. The van der Waals surface area contributed by atoms with Crippen molar-refractivity contribution in [3.05, 3.63) is 0 Å². The van der Waals surface area contributed by atoms with Crippen LogP contribution in [0, 0.1) is 35.5 Å². The quantitative estimate of drug-likeness (QED) is 0.275. The molecule has 26 heavy (non-hydrogen) atoms. The molecule has 8 aliphatic carbocycles. The number of unbranched alkanes of at least 4 members (excludes halogenated alkanes) is 1. The predicted octanol–water partition coefficient (Wildman–Crippen LogP) is 7.82. The predicted molar refractivity (Wildman–Crippen MR) is 124 cm³/mol. The number of hydrogen-bond donors (Lipinski definition) is 0. The molecular formula is C24H40IP. The van der Waals surface area contributed by atoms with Gasteiger partial charge in [-0.2, -0.15) is 0 Å². The van der Waals surface area contributed by atoms with Crippen molar-refractivity contribution >= 4 is 26.9 Å². The van der Waals surface area contributed by atoms with Crippen LogP contribution in [0.4, 0.5) is 0 Å². The number of rotatable bonds is 5. The molecule has 0 nitrogen and oxygen atoms in total. The van der Waals surface area contributed by atoms with E-state index in [0.29, 0.717) is 0 Å². The molecule has 0 saturated heterocycles. The second kappa shape index (κ2) is 6.09. The molecule has 0 N–H and O–H groups in total. The van der Waals surface area contributed by atoms with Crippen molar-refractivity contribution in [1.82, 2.24) is 0 Å². The van der Waals surface area contributed by atoms with Crippen molar-refractivity contribution in [2.75, 3.05) is 6.16 Å². The van der Waals surface area contributed by atoms with Gasteiger partial charge in [-0.3, -0.25) is 0 Å². The van der Waals surface area contributed by atoms with E-state index in [1.54, 1.807) is 89.6 Å². The molecule has 0 atom stereocenters. The Hall–Kier alpha value is 1.16. The molecule has 2 heteroatoms. The summed E-state index contributed by atoms with van der Waals surface area (Å²) in [5.41, 5.74) is 0. The average molecular weight is 486 g/mol. The van der Waals surface area contributed by atoms with Gasteiger partial charge in [-0.05, 0) is 0 Å². The first kappa shape index (κ1) is 18.0. The fourth-order valence-electron chi connectivity index (χ4n) is 10.7. The van der Waals surface area contributed by atoms with E-state index in [1.807, 2.05) is 0 Å². The summed E-state index contributed by atoms with van der Waals surface area (Å²) in [4.78, 5) is -1.30. The van der Waals surface area contributed by atoms with Crippen LogP contribution in [0.25, 0.3) is 0 Å². The van der Waals surface area contributed by atoms with Crippen molar-refractivity contribution in [3.63, 3.8) is 0 Å². The Morgan fingerprint density at radius 3 is 1.23 bits per heavy atom. The van der Waals surface area contributed by atoms with Crippen LogP contribution in [0.1, 0.15) is 96.8 Å². The Labute approximate surface area is 175 Å². The van der Waals surface area contributed by atoms with Gasteiger partial charge in [-0.25, -0.2) is 0 Å². The standard InChI is InChI=1S/C24H40IP/c1-2-3-4-26(25,23-11-17-5-18(12-23)7-19(6-17)13-23)24-14-20-8-21(15-24)10-22(9-20)16-24/h17-22,26H,2-16H2,1H3. The van der Waals surface area contributed by atoms with Crippen LogP contribution in [0.15, 0.2) is 0 Å². The Morgan fingerprint density at radius 2 is 0.962 bits per heavy atom. The fourth-order valence-corrected chi connectivity index (χ4v) is 22.5. The van der Waals surface area contributed by atoms with Crippen LogP contribution in [0.2, 0.25) is 0 Å². The van der Waals surface area contributed by atoms with E-state index in [-0.39, 0.29) is 0 Å². The first-order chi connectivity index (χ1) is 12.5. The third kappa shape index (κ3) is 2.40. The molecule has 148 valence electrons. The van der Waals surface area contributed by atoms with Crippen LogP contribution < -0.4 is 0 Å². The van der Waals surface area contributed by atoms with Crippen LogP contribution in [0.5, 0.6) is 0 Å². The summed E-state index contributed by atoms with van der Waals surface area (Å²) in [6.07, 6.45) is 24.7. The van der Waals surface area contributed by atoms with Crippen molar-refractivity contribution in [2.45, 2.75) is 107 Å². The van der Waals surface area contributed by atoms with E-state index in [9.17, 15) is 0 Å². The molecule has 0 aromatic heterocycles. The molecule has 0 amide bonds. The Kier molecular flexibility index (Phi) is 4.21. The Bertz CT molecular complexity index is 466. The molecule has 8 fully saturated rings. The van der Waals surface area contributed by atoms with Crippen LogP contribution >= 0.6 is 26.9 Å². The summed E-state index contributed by atoms with van der Waals surface area (Å²) < 4.78 is 0. The second-order valence-corrected chi connectivity index (χ2v) is 22.0. The van der Waals surface area contributed by atoms with E-state index < -0.39 is 4.90 Å². The topological polar surface area (TPSA) is 0 Å². The number of hydrogen-bond acceptors (Lipinski definition) is 0. The van der Waals surface area contributed by atoms with Crippen molar-refractivity contribution < 1.29 is 0 Å². The van der Waals surface area contributed by atoms with Gasteiger partial charge >= 0.3 is 176 Å². The normalized spacial score (nSPS) is 54.8. The second-order valence-electron chi connectivity index (χ2n) is 12.3. The summed E-state index contributed by atoms with van der Waals surface area (Å²) in [7, 11) is 0. The van der Waals surface area contributed by atoms with Crippen LogP contribution in [0.3, 0.4) is 0 Å². The molecule has 0 heterocycles. The van der Waals surface area contributed by atoms with Gasteiger partial charge in [-0.15, -0.1) is 0 Å². The molecule has 0 aromatic carbocycles. The Morgan fingerprint density at radius 1 is 0.654 bits per heavy atom. The third-order valence-electron chi connectivity index (χ3n) is 10.6. The van der Waals surface area contributed by atoms with E-state index in [4.69, 9.17) is 0 Å². The van der Waals surface area contributed by atoms with Gasteiger partial charge in [0.2, 0.25) is 0 Å². The minimum absolute atomic E-state index is 0.878. The van der Waals surface area contributed by atoms with Gasteiger partial charge in [0.1, 0.15) is 0 Å². The van der Waals surface area contributed by atoms with Gasteiger partial charge in [0.15, 0.2) is 0 Å². The van der Waals surface area contributed by atoms with Gasteiger partial charge in [0, 0.05) is 0 Å².